The highest BCUT2D eigenvalue weighted by atomic mass is 16.5. The highest BCUT2D eigenvalue weighted by Crippen LogP contribution is 2.46. The molecule has 1 fully saturated rings. The van der Waals surface area contributed by atoms with Crippen molar-refractivity contribution in [3.63, 3.8) is 0 Å². The molecule has 5 aromatic rings. The van der Waals surface area contributed by atoms with Gasteiger partial charge in [0.2, 0.25) is 0 Å². The molecule has 0 saturated carbocycles. The van der Waals surface area contributed by atoms with Gasteiger partial charge in [-0.15, -0.1) is 0 Å². The third-order valence-electron chi connectivity index (χ3n) is 7.31. The van der Waals surface area contributed by atoms with Crippen molar-refractivity contribution in [3.8, 4) is 22.3 Å². The van der Waals surface area contributed by atoms with E-state index in [9.17, 15) is 4.79 Å². The first-order valence-corrected chi connectivity index (χ1v) is 12.5. The number of nitrogens with zero attached hydrogens (tertiary/aromatic N) is 3. The van der Waals surface area contributed by atoms with Crippen LogP contribution in [0.4, 0.5) is 11.5 Å². The number of fused-ring (bicyclic) bond motifs is 4. The molecule has 1 aliphatic carbocycles. The van der Waals surface area contributed by atoms with Gasteiger partial charge in [-0.1, -0.05) is 30.3 Å². The zero-order valence-corrected chi connectivity index (χ0v) is 20.2. The number of nitrogens with one attached hydrogen (secondary N) is 2. The highest BCUT2D eigenvalue weighted by Gasteiger charge is 2.26. The SMILES string of the molecule is O=C(Nc1ccc(-c2ccc(N3CCOCC3)nc2)c2c1Cc1ccccc1-2)c1ccnc2[nH]ccc12. The number of benzene rings is 2. The van der Waals surface area contributed by atoms with Gasteiger partial charge in [-0.3, -0.25) is 4.79 Å². The van der Waals surface area contributed by atoms with Crippen LogP contribution in [-0.4, -0.2) is 47.2 Å². The van der Waals surface area contributed by atoms with E-state index < -0.39 is 0 Å². The number of hydrogen-bond donors (Lipinski definition) is 2. The summed E-state index contributed by atoms with van der Waals surface area (Å²) in [6, 6.07) is 20.5. The van der Waals surface area contributed by atoms with E-state index in [1.165, 1.54) is 11.1 Å². The number of aromatic nitrogens is 3. The molecule has 0 radical (unpaired) electrons. The molecule has 2 aromatic carbocycles. The van der Waals surface area contributed by atoms with Gasteiger partial charge in [0.15, 0.2) is 0 Å². The van der Waals surface area contributed by atoms with Crippen LogP contribution in [0.25, 0.3) is 33.3 Å². The van der Waals surface area contributed by atoms with E-state index in [4.69, 9.17) is 9.72 Å². The van der Waals surface area contributed by atoms with Gasteiger partial charge in [0, 0.05) is 54.7 Å². The number of rotatable bonds is 4. The second-order valence-corrected chi connectivity index (χ2v) is 9.41. The Balaban J connectivity index is 1.27. The molecule has 2 aliphatic rings. The summed E-state index contributed by atoms with van der Waals surface area (Å²) >= 11 is 0. The maximum atomic E-state index is 13.4. The van der Waals surface area contributed by atoms with Crippen LogP contribution >= 0.6 is 0 Å². The average molecular weight is 488 g/mol. The van der Waals surface area contributed by atoms with E-state index in [0.29, 0.717) is 11.2 Å². The smallest absolute Gasteiger partial charge is 0.256 e. The Hall–Kier alpha value is -4.49. The van der Waals surface area contributed by atoms with Crippen LogP contribution in [0.1, 0.15) is 21.5 Å². The third kappa shape index (κ3) is 3.75. The largest absolute Gasteiger partial charge is 0.378 e. The lowest BCUT2D eigenvalue weighted by molar-refractivity contribution is 0.102. The molecule has 1 amide bonds. The van der Waals surface area contributed by atoms with Gasteiger partial charge in [-0.2, -0.15) is 0 Å². The molecule has 0 bridgehead atoms. The van der Waals surface area contributed by atoms with Crippen molar-refractivity contribution in [2.45, 2.75) is 6.42 Å². The van der Waals surface area contributed by atoms with Crippen LogP contribution in [0.3, 0.4) is 0 Å². The number of carbonyl (C=O) groups excluding carboxylic acids is 1. The van der Waals surface area contributed by atoms with E-state index in [0.717, 1.165) is 71.9 Å². The third-order valence-corrected chi connectivity index (χ3v) is 7.31. The van der Waals surface area contributed by atoms with Crippen molar-refractivity contribution < 1.29 is 9.53 Å². The van der Waals surface area contributed by atoms with Gasteiger partial charge in [-0.05, 0) is 58.1 Å². The van der Waals surface area contributed by atoms with Crippen LogP contribution in [0, 0.1) is 0 Å². The van der Waals surface area contributed by atoms with Crippen LogP contribution in [0.5, 0.6) is 0 Å². The highest BCUT2D eigenvalue weighted by molar-refractivity contribution is 6.13. The number of aromatic amines is 1. The molecule has 2 N–H and O–H groups in total. The Kier molecular flexibility index (Phi) is 5.22. The normalized spacial score (nSPS) is 14.4. The fourth-order valence-corrected chi connectivity index (χ4v) is 5.48. The second kappa shape index (κ2) is 8.87. The molecule has 0 spiro atoms. The van der Waals surface area contributed by atoms with E-state index in [1.54, 1.807) is 18.5 Å². The van der Waals surface area contributed by atoms with Crippen molar-refractivity contribution in [2.24, 2.45) is 0 Å². The molecule has 7 rings (SSSR count). The number of carbonyl (C=O) groups is 1. The fraction of sp³-hybridized carbons (Fsp3) is 0.167. The predicted octanol–water partition coefficient (Wildman–Crippen LogP) is 5.29. The molecular weight excluding hydrogens is 462 g/mol. The zero-order chi connectivity index (χ0) is 24.8. The molecule has 7 nitrogen and oxygen atoms in total. The lowest BCUT2D eigenvalue weighted by Crippen LogP contribution is -2.36. The van der Waals surface area contributed by atoms with Gasteiger partial charge >= 0.3 is 0 Å². The van der Waals surface area contributed by atoms with Crippen molar-refractivity contribution in [1.82, 2.24) is 15.0 Å². The molecule has 0 atom stereocenters. The Bertz CT molecular complexity index is 1630. The minimum absolute atomic E-state index is 0.144. The van der Waals surface area contributed by atoms with Crippen LogP contribution in [0.2, 0.25) is 0 Å². The maximum absolute atomic E-state index is 13.4. The Morgan fingerprint density at radius 2 is 1.84 bits per heavy atom. The molecular formula is C30H25N5O2. The number of ether oxygens (including phenoxy) is 1. The standard InChI is InChI=1S/C30H25N5O2/c36-30(24-10-12-32-29-23(24)9-11-31-29)34-26-7-6-22(28-21-4-2-1-3-19(21)17-25(26)28)20-5-8-27(33-18-20)35-13-15-37-16-14-35/h1-12,18H,13-17H2,(H,31,32)(H,34,36). The Morgan fingerprint density at radius 1 is 0.946 bits per heavy atom. The molecule has 1 saturated heterocycles. The summed E-state index contributed by atoms with van der Waals surface area (Å²) in [4.78, 5) is 27.8. The molecule has 1 aliphatic heterocycles. The van der Waals surface area contributed by atoms with E-state index in [1.807, 2.05) is 18.3 Å². The summed E-state index contributed by atoms with van der Waals surface area (Å²) in [6.45, 7) is 3.18. The number of hydrogen-bond acceptors (Lipinski definition) is 5. The van der Waals surface area contributed by atoms with Gasteiger partial charge < -0.3 is 19.9 Å². The predicted molar refractivity (Wildman–Crippen MR) is 145 cm³/mol. The number of morpholine rings is 1. The summed E-state index contributed by atoms with van der Waals surface area (Å²) < 4.78 is 5.48. The van der Waals surface area contributed by atoms with Gasteiger partial charge in [0.25, 0.3) is 5.91 Å². The lowest BCUT2D eigenvalue weighted by atomic mass is 9.94. The van der Waals surface area contributed by atoms with Crippen LogP contribution < -0.4 is 10.2 Å². The maximum Gasteiger partial charge on any atom is 0.256 e. The monoisotopic (exact) mass is 487 g/mol. The van der Waals surface area contributed by atoms with E-state index in [-0.39, 0.29) is 5.91 Å². The number of amides is 1. The first kappa shape index (κ1) is 21.8. The van der Waals surface area contributed by atoms with Crippen molar-refractivity contribution >= 4 is 28.4 Å². The molecule has 0 unspecified atom stereocenters. The fourth-order valence-electron chi connectivity index (χ4n) is 5.48. The summed E-state index contributed by atoms with van der Waals surface area (Å²) in [7, 11) is 0. The second-order valence-electron chi connectivity index (χ2n) is 9.41. The van der Waals surface area contributed by atoms with Gasteiger partial charge in [0.1, 0.15) is 11.5 Å². The lowest BCUT2D eigenvalue weighted by Gasteiger charge is -2.27. The summed E-state index contributed by atoms with van der Waals surface area (Å²) in [5.41, 5.74) is 9.07. The van der Waals surface area contributed by atoms with Crippen molar-refractivity contribution in [2.75, 3.05) is 36.5 Å². The first-order chi connectivity index (χ1) is 18.3. The molecule has 37 heavy (non-hydrogen) atoms. The van der Waals surface area contributed by atoms with Crippen LogP contribution in [0.15, 0.2) is 79.3 Å². The van der Waals surface area contributed by atoms with Crippen LogP contribution in [-0.2, 0) is 11.2 Å². The van der Waals surface area contributed by atoms with Crippen molar-refractivity contribution in [1.29, 1.82) is 0 Å². The number of pyridine rings is 2. The zero-order valence-electron chi connectivity index (χ0n) is 20.2. The summed E-state index contributed by atoms with van der Waals surface area (Å²) in [5.74, 6) is 0.829. The molecule has 4 heterocycles. The number of anilines is 2. The quantitative estimate of drug-likeness (QED) is 0.353. The van der Waals surface area contributed by atoms with E-state index >= 15 is 0 Å². The topological polar surface area (TPSA) is 83.1 Å². The Labute approximate surface area is 214 Å². The minimum Gasteiger partial charge on any atom is -0.378 e. The molecule has 182 valence electrons. The average Bonchev–Trinajstić information content (AvgIpc) is 3.59. The van der Waals surface area contributed by atoms with Crippen molar-refractivity contribution in [3.05, 3.63) is 95.9 Å². The number of H-pyrrole nitrogens is 1. The van der Waals surface area contributed by atoms with Gasteiger partial charge in [0.05, 0.1) is 18.8 Å². The van der Waals surface area contributed by atoms with Gasteiger partial charge in [-0.25, -0.2) is 9.97 Å². The molecule has 3 aromatic heterocycles. The minimum atomic E-state index is -0.144. The summed E-state index contributed by atoms with van der Waals surface area (Å²) in [6.07, 6.45) is 6.18. The van der Waals surface area contributed by atoms with E-state index in [2.05, 4.69) is 62.6 Å². The molecule has 7 heteroatoms. The summed E-state index contributed by atoms with van der Waals surface area (Å²) in [5, 5.41) is 4.00. The first-order valence-electron chi connectivity index (χ1n) is 12.5. The Morgan fingerprint density at radius 3 is 2.70 bits per heavy atom.